The predicted octanol–water partition coefficient (Wildman–Crippen LogP) is 7.00. The Balaban J connectivity index is 1.37. The summed E-state index contributed by atoms with van der Waals surface area (Å²) < 4.78 is 0. The summed E-state index contributed by atoms with van der Waals surface area (Å²) in [7, 11) is 0. The molecule has 34 heavy (non-hydrogen) atoms. The first kappa shape index (κ1) is 23.1. The SMILES string of the molecule is O=C(CC(c1ccc(Cl)c(Cl)c1)c1c[nH]c2ccccc12)N1CCN(c2cccc(Cl)c2)CC1. The number of carbonyl (C=O) groups excluding carboxylic acids is 1. The number of carbonyl (C=O) groups is 1. The summed E-state index contributed by atoms with van der Waals surface area (Å²) in [6, 6.07) is 21.6. The molecular weight excluding hydrogens is 489 g/mol. The molecule has 7 heteroatoms. The molecule has 5 rings (SSSR count). The summed E-state index contributed by atoms with van der Waals surface area (Å²) in [5.41, 5.74) is 4.20. The van der Waals surface area contributed by atoms with Gasteiger partial charge in [-0.2, -0.15) is 0 Å². The number of piperazine rings is 1. The van der Waals surface area contributed by atoms with Crippen LogP contribution in [0, 0.1) is 0 Å². The molecule has 1 N–H and O–H groups in total. The van der Waals surface area contributed by atoms with E-state index >= 15 is 0 Å². The lowest BCUT2D eigenvalue weighted by molar-refractivity contribution is -0.131. The number of amides is 1. The lowest BCUT2D eigenvalue weighted by Crippen LogP contribution is -2.49. The number of halogens is 3. The van der Waals surface area contributed by atoms with E-state index in [1.54, 1.807) is 6.07 Å². The quantitative estimate of drug-likeness (QED) is 0.313. The lowest BCUT2D eigenvalue weighted by atomic mass is 9.87. The molecule has 1 saturated heterocycles. The molecule has 1 aromatic heterocycles. The van der Waals surface area contributed by atoms with Gasteiger partial charge in [0.15, 0.2) is 0 Å². The van der Waals surface area contributed by atoms with Crippen molar-refractivity contribution in [3.05, 3.63) is 99.1 Å². The van der Waals surface area contributed by atoms with Crippen LogP contribution >= 0.6 is 34.8 Å². The first-order valence-electron chi connectivity index (χ1n) is 11.3. The maximum Gasteiger partial charge on any atom is 0.223 e. The number of H-pyrrole nitrogens is 1. The highest BCUT2D eigenvalue weighted by Crippen LogP contribution is 2.36. The number of aromatic amines is 1. The Kier molecular flexibility index (Phi) is 6.73. The van der Waals surface area contributed by atoms with Gasteiger partial charge >= 0.3 is 0 Å². The molecule has 2 heterocycles. The first-order chi connectivity index (χ1) is 16.5. The van der Waals surface area contributed by atoms with Crippen LogP contribution in [0.15, 0.2) is 72.9 Å². The van der Waals surface area contributed by atoms with E-state index < -0.39 is 0 Å². The van der Waals surface area contributed by atoms with E-state index in [0.29, 0.717) is 29.6 Å². The highest BCUT2D eigenvalue weighted by Gasteiger charge is 2.27. The average molecular weight is 513 g/mol. The monoisotopic (exact) mass is 511 g/mol. The molecule has 1 unspecified atom stereocenters. The van der Waals surface area contributed by atoms with Crippen molar-refractivity contribution in [2.45, 2.75) is 12.3 Å². The van der Waals surface area contributed by atoms with Crippen LogP contribution in [0.25, 0.3) is 10.9 Å². The molecule has 174 valence electrons. The molecule has 4 aromatic rings. The second kappa shape index (κ2) is 9.91. The fourth-order valence-electron chi connectivity index (χ4n) is 4.71. The normalized spacial score (nSPS) is 15.0. The molecule has 0 spiro atoms. The standard InChI is InChI=1S/C27H24Cl3N3O/c28-19-4-3-5-20(15-19)32-10-12-33(13-11-32)27(34)16-22(18-8-9-24(29)25(30)14-18)23-17-31-26-7-2-1-6-21(23)26/h1-9,14-15,17,22,31H,10-13,16H2. The van der Waals surface area contributed by atoms with E-state index in [2.05, 4.69) is 22.0 Å². The number of fused-ring (bicyclic) bond motifs is 1. The molecule has 1 amide bonds. The summed E-state index contributed by atoms with van der Waals surface area (Å²) in [6.45, 7) is 2.90. The number of hydrogen-bond donors (Lipinski definition) is 1. The molecular formula is C27H24Cl3N3O. The maximum absolute atomic E-state index is 13.5. The average Bonchev–Trinajstić information content (AvgIpc) is 3.28. The minimum Gasteiger partial charge on any atom is -0.368 e. The van der Waals surface area contributed by atoms with Crippen LogP contribution in [-0.4, -0.2) is 42.0 Å². The van der Waals surface area contributed by atoms with Gasteiger partial charge in [-0.05, 0) is 47.5 Å². The zero-order chi connectivity index (χ0) is 23.7. The molecule has 0 aliphatic carbocycles. The van der Waals surface area contributed by atoms with E-state index in [1.165, 1.54) is 0 Å². The van der Waals surface area contributed by atoms with Crippen LogP contribution in [0.1, 0.15) is 23.5 Å². The van der Waals surface area contributed by atoms with E-state index in [-0.39, 0.29) is 11.8 Å². The molecule has 1 fully saturated rings. The minimum atomic E-state index is -0.135. The lowest BCUT2D eigenvalue weighted by Gasteiger charge is -2.36. The fraction of sp³-hybridized carbons (Fsp3) is 0.222. The second-order valence-electron chi connectivity index (χ2n) is 8.57. The molecule has 1 aliphatic heterocycles. The molecule has 3 aromatic carbocycles. The highest BCUT2D eigenvalue weighted by atomic mass is 35.5. The smallest absolute Gasteiger partial charge is 0.223 e. The van der Waals surface area contributed by atoms with Crippen LogP contribution in [-0.2, 0) is 4.79 Å². The summed E-state index contributed by atoms with van der Waals surface area (Å²) in [4.78, 5) is 21.1. The third kappa shape index (κ3) is 4.76. The Hall–Kier alpha value is -2.66. The van der Waals surface area contributed by atoms with Crippen molar-refractivity contribution in [3.8, 4) is 0 Å². The van der Waals surface area contributed by atoms with Crippen LogP contribution < -0.4 is 4.90 Å². The van der Waals surface area contributed by atoms with Crippen molar-refractivity contribution in [2.75, 3.05) is 31.1 Å². The van der Waals surface area contributed by atoms with Crippen molar-refractivity contribution in [1.82, 2.24) is 9.88 Å². The molecule has 4 nitrogen and oxygen atoms in total. The van der Waals surface area contributed by atoms with Gasteiger partial charge in [0.05, 0.1) is 10.0 Å². The fourth-order valence-corrected chi connectivity index (χ4v) is 5.20. The number of aromatic nitrogens is 1. The van der Waals surface area contributed by atoms with E-state index in [9.17, 15) is 4.79 Å². The topological polar surface area (TPSA) is 39.3 Å². The Morgan fingerprint density at radius 1 is 0.882 bits per heavy atom. The first-order valence-corrected chi connectivity index (χ1v) is 12.4. The number of nitrogens with one attached hydrogen (secondary N) is 1. The van der Waals surface area contributed by atoms with Gasteiger partial charge in [-0.3, -0.25) is 4.79 Å². The van der Waals surface area contributed by atoms with Gasteiger partial charge in [0.1, 0.15) is 0 Å². The molecule has 0 radical (unpaired) electrons. The van der Waals surface area contributed by atoms with Crippen LogP contribution in [0.3, 0.4) is 0 Å². The van der Waals surface area contributed by atoms with Crippen molar-refractivity contribution in [1.29, 1.82) is 0 Å². The third-order valence-corrected chi connectivity index (χ3v) is 7.50. The summed E-state index contributed by atoms with van der Waals surface area (Å²) in [5, 5.41) is 2.83. The Morgan fingerprint density at radius 2 is 1.68 bits per heavy atom. The number of benzene rings is 3. The van der Waals surface area contributed by atoms with Crippen LogP contribution in [0.5, 0.6) is 0 Å². The molecule has 0 bridgehead atoms. The van der Waals surface area contributed by atoms with Gasteiger partial charge in [-0.15, -0.1) is 0 Å². The summed E-state index contributed by atoms with van der Waals surface area (Å²) >= 11 is 18.7. The van der Waals surface area contributed by atoms with E-state index in [0.717, 1.165) is 45.8 Å². The third-order valence-electron chi connectivity index (χ3n) is 6.53. The van der Waals surface area contributed by atoms with Crippen molar-refractivity contribution in [3.63, 3.8) is 0 Å². The number of hydrogen-bond acceptors (Lipinski definition) is 2. The Bertz CT molecular complexity index is 1330. The van der Waals surface area contributed by atoms with Gasteiger partial charge in [0, 0.05) is 66.3 Å². The maximum atomic E-state index is 13.5. The Morgan fingerprint density at radius 3 is 2.44 bits per heavy atom. The van der Waals surface area contributed by atoms with Crippen LogP contribution in [0.4, 0.5) is 5.69 Å². The van der Waals surface area contributed by atoms with Gasteiger partial charge in [0.2, 0.25) is 5.91 Å². The second-order valence-corrected chi connectivity index (χ2v) is 9.82. The van der Waals surface area contributed by atoms with Gasteiger partial charge < -0.3 is 14.8 Å². The van der Waals surface area contributed by atoms with Crippen molar-refractivity contribution >= 4 is 57.3 Å². The Labute approximate surface area is 214 Å². The number of para-hydroxylation sites is 1. The minimum absolute atomic E-state index is 0.132. The van der Waals surface area contributed by atoms with E-state index in [4.69, 9.17) is 34.8 Å². The zero-order valence-corrected chi connectivity index (χ0v) is 20.7. The molecule has 0 saturated carbocycles. The highest BCUT2D eigenvalue weighted by molar-refractivity contribution is 6.42. The van der Waals surface area contributed by atoms with Crippen molar-refractivity contribution < 1.29 is 4.79 Å². The van der Waals surface area contributed by atoms with Gasteiger partial charge in [-0.1, -0.05) is 65.1 Å². The number of nitrogens with zero attached hydrogens (tertiary/aromatic N) is 2. The zero-order valence-electron chi connectivity index (χ0n) is 18.5. The summed E-state index contributed by atoms with van der Waals surface area (Å²) in [5.74, 6) is -0.00326. The van der Waals surface area contributed by atoms with E-state index in [1.807, 2.05) is 59.6 Å². The summed E-state index contributed by atoms with van der Waals surface area (Å²) in [6.07, 6.45) is 2.36. The largest absolute Gasteiger partial charge is 0.368 e. The number of rotatable bonds is 5. The molecule has 1 aliphatic rings. The van der Waals surface area contributed by atoms with Gasteiger partial charge in [0.25, 0.3) is 0 Å². The van der Waals surface area contributed by atoms with Crippen molar-refractivity contribution in [2.24, 2.45) is 0 Å². The number of anilines is 1. The van der Waals surface area contributed by atoms with Crippen LogP contribution in [0.2, 0.25) is 15.1 Å². The predicted molar refractivity (Wildman–Crippen MR) is 141 cm³/mol. The molecule has 1 atom stereocenters. The van der Waals surface area contributed by atoms with Gasteiger partial charge in [-0.25, -0.2) is 0 Å².